The van der Waals surface area contributed by atoms with Gasteiger partial charge >= 0.3 is 0 Å². The molecule has 34 heavy (non-hydrogen) atoms. The van der Waals surface area contributed by atoms with Gasteiger partial charge in [0.25, 0.3) is 5.95 Å². The van der Waals surface area contributed by atoms with E-state index in [0.29, 0.717) is 44.0 Å². The van der Waals surface area contributed by atoms with Gasteiger partial charge in [-0.25, -0.2) is 0 Å². The van der Waals surface area contributed by atoms with Crippen molar-refractivity contribution in [2.75, 3.05) is 7.11 Å². The van der Waals surface area contributed by atoms with E-state index < -0.39 is 11.6 Å². The van der Waals surface area contributed by atoms with Gasteiger partial charge in [-0.3, -0.25) is 9.59 Å². The summed E-state index contributed by atoms with van der Waals surface area (Å²) in [5.74, 6) is -1.36. The molecular formula is C27H16O7. The second-order valence-electron chi connectivity index (χ2n) is 7.91. The number of ether oxygens (including phenoxy) is 1. The van der Waals surface area contributed by atoms with Gasteiger partial charge in [-0.1, -0.05) is 42.5 Å². The van der Waals surface area contributed by atoms with Crippen molar-refractivity contribution in [3.05, 3.63) is 65.2 Å². The maximum absolute atomic E-state index is 12.2. The summed E-state index contributed by atoms with van der Waals surface area (Å²) in [6, 6.07) is 16.1. The highest BCUT2D eigenvalue weighted by molar-refractivity contribution is 6.57. The largest absolute Gasteiger partial charge is 0.504 e. The number of Topliss-reactive ketones (excluding diaryl/α,β-unsaturated/α-hetero) is 2. The van der Waals surface area contributed by atoms with E-state index >= 15 is 0 Å². The third-order valence-electron chi connectivity index (χ3n) is 6.01. The predicted octanol–water partition coefficient (Wildman–Crippen LogP) is 3.65. The van der Waals surface area contributed by atoms with Gasteiger partial charge < -0.3 is 23.8 Å². The molecule has 6 rings (SSSR count). The number of hydrogen-bond donors (Lipinski definition) is 2. The molecule has 2 aromatic heterocycles. The first kappa shape index (κ1) is 19.9. The molecule has 2 N–H and O–H groups in total. The van der Waals surface area contributed by atoms with E-state index in [1.807, 2.05) is 18.2 Å². The van der Waals surface area contributed by atoms with Crippen LogP contribution in [0.5, 0.6) is 17.4 Å². The third kappa shape index (κ3) is 2.70. The molecule has 7 heteroatoms. The molecule has 0 spiro atoms. The molecule has 2 heterocycles. The molecule has 0 bridgehead atoms. The maximum Gasteiger partial charge on any atom is 0.291 e. The summed E-state index contributed by atoms with van der Waals surface area (Å²) in [5, 5.41) is 23.4. The van der Waals surface area contributed by atoms with Gasteiger partial charge in [0.05, 0.1) is 18.2 Å². The number of methoxy groups -OCH3 is 1. The first-order chi connectivity index (χ1) is 16.5. The van der Waals surface area contributed by atoms with Crippen molar-refractivity contribution in [2.24, 2.45) is 0 Å². The van der Waals surface area contributed by atoms with E-state index in [4.69, 9.17) is 13.6 Å². The average molecular weight is 452 g/mol. The topological polar surface area (TPSA) is 110 Å². The van der Waals surface area contributed by atoms with Crippen LogP contribution >= 0.6 is 0 Å². The summed E-state index contributed by atoms with van der Waals surface area (Å²) >= 11 is 0. The fraction of sp³-hybridized carbons (Fsp3) is 0.0370. The summed E-state index contributed by atoms with van der Waals surface area (Å²) in [4.78, 5) is 24.2. The van der Waals surface area contributed by atoms with Crippen LogP contribution < -0.4 is 15.4 Å². The molecule has 166 valence electrons. The number of carbonyl (C=O) groups excluding carboxylic acids is 2. The van der Waals surface area contributed by atoms with Crippen LogP contribution in [0.2, 0.25) is 0 Å². The highest BCUT2D eigenvalue weighted by Gasteiger charge is 2.29. The average Bonchev–Trinajstić information content (AvgIpc) is 3.37. The van der Waals surface area contributed by atoms with Crippen LogP contribution in [0, 0.1) is 0 Å². The molecule has 0 unspecified atom stereocenters. The van der Waals surface area contributed by atoms with Gasteiger partial charge in [-0.2, -0.15) is 0 Å². The lowest BCUT2D eigenvalue weighted by atomic mass is 9.94. The fourth-order valence-corrected chi connectivity index (χ4v) is 4.47. The normalized spacial score (nSPS) is 13.1. The minimum Gasteiger partial charge on any atom is -0.504 e. The zero-order chi connectivity index (χ0) is 23.6. The van der Waals surface area contributed by atoms with Crippen LogP contribution in [0.1, 0.15) is 0 Å². The number of furan rings is 2. The molecule has 7 nitrogen and oxygen atoms in total. The monoisotopic (exact) mass is 452 g/mol. The van der Waals surface area contributed by atoms with E-state index in [1.54, 1.807) is 43.5 Å². The van der Waals surface area contributed by atoms with E-state index in [-0.39, 0.29) is 28.3 Å². The van der Waals surface area contributed by atoms with Crippen molar-refractivity contribution in [3.63, 3.8) is 0 Å². The number of benzene rings is 3. The van der Waals surface area contributed by atoms with E-state index in [0.717, 1.165) is 6.08 Å². The molecule has 0 fully saturated rings. The Labute approximate surface area is 191 Å². The molecule has 0 saturated heterocycles. The number of phenols is 1. The van der Waals surface area contributed by atoms with Crippen molar-refractivity contribution < 1.29 is 33.4 Å². The van der Waals surface area contributed by atoms with Crippen LogP contribution in [0.25, 0.3) is 56.3 Å². The van der Waals surface area contributed by atoms with E-state index in [9.17, 15) is 19.8 Å². The molecule has 5 aromatic rings. The van der Waals surface area contributed by atoms with Crippen LogP contribution in [-0.2, 0) is 9.59 Å². The van der Waals surface area contributed by atoms with E-state index in [2.05, 4.69) is 0 Å². The first-order valence-corrected chi connectivity index (χ1v) is 10.4. The number of aromatic hydroxyl groups is 2. The number of ketones is 2. The van der Waals surface area contributed by atoms with Gasteiger partial charge in [0.15, 0.2) is 16.9 Å². The second kappa shape index (κ2) is 7.11. The Morgan fingerprint density at radius 3 is 2.12 bits per heavy atom. The van der Waals surface area contributed by atoms with Gasteiger partial charge in [-0.15, -0.1) is 0 Å². The molecule has 0 radical (unpaired) electrons. The quantitative estimate of drug-likeness (QED) is 0.402. The molecule has 3 aromatic carbocycles. The molecule has 1 aliphatic rings. The van der Waals surface area contributed by atoms with Gasteiger partial charge in [0, 0.05) is 28.1 Å². The standard InChI is InChI=1S/C27H16O7/c1-32-15-9-7-14(8-10-15)20-23-22-16-11-17(28)18(29)12-19(16)33-26(22)24(30)21(25(23)34-27(20)31)13-5-3-2-4-6-13/h2-12,30-31H,1H3. The number of fused-ring (bicyclic) bond motifs is 5. The minimum atomic E-state index is -0.712. The van der Waals surface area contributed by atoms with Crippen LogP contribution in [0.4, 0.5) is 0 Å². The maximum atomic E-state index is 12.2. The lowest BCUT2D eigenvalue weighted by Crippen LogP contribution is -2.30. The first-order valence-electron chi connectivity index (χ1n) is 10.4. The van der Waals surface area contributed by atoms with Crippen molar-refractivity contribution in [1.82, 2.24) is 0 Å². The van der Waals surface area contributed by atoms with Crippen molar-refractivity contribution in [2.45, 2.75) is 0 Å². The summed E-state index contributed by atoms with van der Waals surface area (Å²) in [5.41, 5.74) is 2.41. The summed E-state index contributed by atoms with van der Waals surface area (Å²) in [6.07, 6.45) is 2.30. The Morgan fingerprint density at radius 1 is 0.735 bits per heavy atom. The second-order valence-corrected chi connectivity index (χ2v) is 7.91. The van der Waals surface area contributed by atoms with Gasteiger partial charge in [0.1, 0.15) is 11.2 Å². The van der Waals surface area contributed by atoms with Crippen LogP contribution in [0.15, 0.2) is 63.4 Å². The van der Waals surface area contributed by atoms with Crippen molar-refractivity contribution in [3.8, 4) is 39.7 Å². The third-order valence-corrected chi connectivity index (χ3v) is 6.01. The highest BCUT2D eigenvalue weighted by atomic mass is 16.5. The van der Waals surface area contributed by atoms with E-state index in [1.165, 1.54) is 6.08 Å². The Balaban J connectivity index is 1.85. The number of carbonyl (C=O) groups is 2. The SMILES string of the molecule is COc1ccc(-c2c(O)oc3c(-c4ccccc4)c(O)c4oc5c(c4c23)=CC(=O)C(=O)C=5)cc1. The van der Waals surface area contributed by atoms with Crippen molar-refractivity contribution >= 4 is 45.7 Å². The molecule has 1 aliphatic carbocycles. The Hall–Kier alpha value is -4.78. The summed E-state index contributed by atoms with van der Waals surface area (Å²) in [6.45, 7) is 0. The minimum absolute atomic E-state index is 0.0851. The van der Waals surface area contributed by atoms with Crippen LogP contribution in [0.3, 0.4) is 0 Å². The molecule has 0 saturated carbocycles. The van der Waals surface area contributed by atoms with Crippen molar-refractivity contribution in [1.29, 1.82) is 0 Å². The lowest BCUT2D eigenvalue weighted by Gasteiger charge is -2.08. The fourth-order valence-electron chi connectivity index (χ4n) is 4.47. The smallest absolute Gasteiger partial charge is 0.291 e. The zero-order valence-electron chi connectivity index (χ0n) is 17.8. The molecular weight excluding hydrogens is 436 g/mol. The Morgan fingerprint density at radius 2 is 1.41 bits per heavy atom. The predicted molar refractivity (Wildman–Crippen MR) is 125 cm³/mol. The molecule has 0 aliphatic heterocycles. The lowest BCUT2D eigenvalue weighted by molar-refractivity contribution is -0.129. The molecule has 0 atom stereocenters. The Bertz CT molecular complexity index is 1770. The summed E-state index contributed by atoms with van der Waals surface area (Å²) in [7, 11) is 1.56. The summed E-state index contributed by atoms with van der Waals surface area (Å²) < 4.78 is 17.0. The number of rotatable bonds is 3. The van der Waals surface area contributed by atoms with Gasteiger partial charge in [0.2, 0.25) is 11.6 Å². The zero-order valence-corrected chi connectivity index (χ0v) is 17.8. The number of phenolic OH excluding ortho intramolecular Hbond substituents is 1. The van der Waals surface area contributed by atoms with Crippen LogP contribution in [-0.4, -0.2) is 28.9 Å². The number of hydrogen-bond acceptors (Lipinski definition) is 7. The molecule has 0 amide bonds. The Kier molecular flexibility index (Phi) is 4.16. The van der Waals surface area contributed by atoms with Gasteiger partial charge in [-0.05, 0) is 23.3 Å². The highest BCUT2D eigenvalue weighted by Crippen LogP contribution is 2.50.